The predicted octanol–water partition coefficient (Wildman–Crippen LogP) is 14.8. The fraction of sp³-hybridized carbons (Fsp3) is 0.105. The molecule has 1 fully saturated rings. The van der Waals surface area contributed by atoms with Gasteiger partial charge in [0, 0.05) is 22.1 Å². The first kappa shape index (κ1) is 35.9. The van der Waals surface area contributed by atoms with Crippen LogP contribution in [0.3, 0.4) is 0 Å². The summed E-state index contributed by atoms with van der Waals surface area (Å²) in [5.74, 6) is 1.94. The Morgan fingerprint density at radius 1 is 0.267 bits per heavy atom. The van der Waals surface area contributed by atoms with Crippen molar-refractivity contribution in [3.8, 4) is 89.8 Å². The van der Waals surface area contributed by atoms with Gasteiger partial charge in [-0.05, 0) is 91.7 Å². The molecule has 0 bridgehead atoms. The molecule has 11 rings (SSSR count). The largest absolute Gasteiger partial charge is 0.208 e. The lowest BCUT2D eigenvalue weighted by molar-refractivity contribution is 0.353. The summed E-state index contributed by atoms with van der Waals surface area (Å²) in [6, 6.07) is 71.8. The van der Waals surface area contributed by atoms with Crippen LogP contribution in [0.25, 0.3) is 89.8 Å². The van der Waals surface area contributed by atoms with Crippen molar-refractivity contribution in [3.05, 3.63) is 211 Å². The van der Waals surface area contributed by atoms with Gasteiger partial charge in [-0.25, -0.2) is 15.0 Å². The number of fused-ring (bicyclic) bond motifs is 5. The van der Waals surface area contributed by atoms with Crippen molar-refractivity contribution >= 4 is 0 Å². The topological polar surface area (TPSA) is 38.7 Å². The summed E-state index contributed by atoms with van der Waals surface area (Å²) in [7, 11) is 0. The lowest BCUT2D eigenvalue weighted by Gasteiger charge is -2.36. The molecule has 0 radical (unpaired) electrons. The molecule has 3 nitrogen and oxygen atoms in total. The van der Waals surface area contributed by atoms with Crippen molar-refractivity contribution in [1.82, 2.24) is 15.0 Å². The molecule has 2 aliphatic rings. The van der Waals surface area contributed by atoms with Crippen LogP contribution in [-0.2, 0) is 5.41 Å². The number of rotatable bonds is 7. The van der Waals surface area contributed by atoms with E-state index in [1.807, 2.05) is 36.4 Å². The first-order chi connectivity index (χ1) is 29.7. The van der Waals surface area contributed by atoms with Crippen molar-refractivity contribution in [2.75, 3.05) is 0 Å². The molecule has 0 atom stereocenters. The Balaban J connectivity index is 0.862. The Bertz CT molecular complexity index is 2960. The normalized spacial score (nSPS) is 13.8. The fourth-order valence-electron chi connectivity index (χ4n) is 9.68. The van der Waals surface area contributed by atoms with Crippen LogP contribution in [0.1, 0.15) is 43.2 Å². The Labute approximate surface area is 352 Å². The van der Waals surface area contributed by atoms with Crippen molar-refractivity contribution in [2.24, 2.45) is 0 Å². The molecule has 0 aliphatic heterocycles. The molecular formula is C57H43N3. The van der Waals surface area contributed by atoms with Gasteiger partial charge in [-0.15, -0.1) is 0 Å². The van der Waals surface area contributed by atoms with E-state index in [-0.39, 0.29) is 5.41 Å². The van der Waals surface area contributed by atoms with Gasteiger partial charge in [0.1, 0.15) is 0 Å². The van der Waals surface area contributed by atoms with Crippen LogP contribution in [0.15, 0.2) is 200 Å². The quantitative estimate of drug-likeness (QED) is 0.162. The van der Waals surface area contributed by atoms with Gasteiger partial charge in [0.2, 0.25) is 0 Å². The molecule has 2 aliphatic carbocycles. The first-order valence-corrected chi connectivity index (χ1v) is 21.2. The minimum absolute atomic E-state index is 0.193. The third-order valence-corrected chi connectivity index (χ3v) is 12.8. The standard InChI is InChI=1S/C57H43N3/c1-4-13-39(14-5-1)40-29-31-46(32-30-40)55-58-54(45-15-6-2-7-16-45)59-56(60-55)49-18-12-17-47(37-49)43-25-21-41(22-26-43)42-23-27-44(28-24-42)48-33-34-53-51(38-48)50-19-8-9-20-52(50)57(53)35-10-3-11-36-57/h1-2,4-9,12-34,37-38H,3,10-11,35-36H2. The molecule has 0 unspecified atom stereocenters. The maximum atomic E-state index is 5.04. The van der Waals surface area contributed by atoms with E-state index in [9.17, 15) is 0 Å². The number of benzene rings is 8. The SMILES string of the molecule is c1ccc(-c2ccc(-c3nc(-c4ccccc4)nc(-c4cccc(-c5ccc(-c6ccc(-c7ccc8c(c7)-c7ccccc7C87CCCCC7)cc6)cc5)c4)n3)cc2)cc1. The van der Waals surface area contributed by atoms with E-state index >= 15 is 0 Å². The highest BCUT2D eigenvalue weighted by Gasteiger charge is 2.43. The zero-order chi connectivity index (χ0) is 39.9. The molecule has 3 heteroatoms. The highest BCUT2D eigenvalue weighted by Crippen LogP contribution is 2.56. The van der Waals surface area contributed by atoms with Gasteiger partial charge in [0.15, 0.2) is 17.5 Å². The van der Waals surface area contributed by atoms with E-state index in [2.05, 4.69) is 164 Å². The van der Waals surface area contributed by atoms with Crippen molar-refractivity contribution in [2.45, 2.75) is 37.5 Å². The summed E-state index contributed by atoms with van der Waals surface area (Å²) in [5.41, 5.74) is 18.5. The highest BCUT2D eigenvalue weighted by molar-refractivity contribution is 5.85. The van der Waals surface area contributed by atoms with E-state index in [4.69, 9.17) is 15.0 Å². The Hall–Kier alpha value is -7.23. The lowest BCUT2D eigenvalue weighted by Crippen LogP contribution is -2.27. The average Bonchev–Trinajstić information content (AvgIpc) is 3.60. The maximum absolute atomic E-state index is 5.04. The Morgan fingerprint density at radius 2 is 0.650 bits per heavy atom. The first-order valence-electron chi connectivity index (χ1n) is 21.2. The molecule has 1 heterocycles. The predicted molar refractivity (Wildman–Crippen MR) is 247 cm³/mol. The third-order valence-electron chi connectivity index (χ3n) is 12.8. The summed E-state index contributed by atoms with van der Waals surface area (Å²) in [6.07, 6.45) is 6.50. The van der Waals surface area contributed by atoms with E-state index in [1.54, 1.807) is 5.56 Å². The molecule has 0 saturated heterocycles. The molecular weight excluding hydrogens is 727 g/mol. The van der Waals surface area contributed by atoms with Crippen LogP contribution in [-0.4, -0.2) is 15.0 Å². The Morgan fingerprint density at radius 3 is 1.25 bits per heavy atom. The lowest BCUT2D eigenvalue weighted by atomic mass is 9.68. The minimum Gasteiger partial charge on any atom is -0.208 e. The molecule has 1 aromatic heterocycles. The summed E-state index contributed by atoms with van der Waals surface area (Å²) in [4.78, 5) is 15.0. The van der Waals surface area contributed by atoms with E-state index in [1.165, 1.54) is 76.6 Å². The van der Waals surface area contributed by atoms with Gasteiger partial charge in [-0.3, -0.25) is 0 Å². The summed E-state index contributed by atoms with van der Waals surface area (Å²) < 4.78 is 0. The minimum atomic E-state index is 0.193. The molecule has 0 N–H and O–H groups in total. The van der Waals surface area contributed by atoms with E-state index < -0.39 is 0 Å². The summed E-state index contributed by atoms with van der Waals surface area (Å²) in [6.45, 7) is 0. The molecule has 9 aromatic rings. The number of aromatic nitrogens is 3. The third kappa shape index (κ3) is 6.53. The average molecular weight is 770 g/mol. The van der Waals surface area contributed by atoms with Crippen LogP contribution in [0.5, 0.6) is 0 Å². The van der Waals surface area contributed by atoms with Crippen LogP contribution < -0.4 is 0 Å². The van der Waals surface area contributed by atoms with E-state index in [0.29, 0.717) is 17.5 Å². The van der Waals surface area contributed by atoms with Crippen molar-refractivity contribution in [3.63, 3.8) is 0 Å². The van der Waals surface area contributed by atoms with Gasteiger partial charge >= 0.3 is 0 Å². The smallest absolute Gasteiger partial charge is 0.164 e. The zero-order valence-electron chi connectivity index (χ0n) is 33.4. The molecule has 8 aromatic carbocycles. The van der Waals surface area contributed by atoms with Crippen molar-refractivity contribution in [1.29, 1.82) is 0 Å². The van der Waals surface area contributed by atoms with Crippen LogP contribution in [0.2, 0.25) is 0 Å². The fourth-order valence-corrected chi connectivity index (χ4v) is 9.68. The Kier molecular flexibility index (Phi) is 9.08. The molecule has 1 saturated carbocycles. The second-order valence-corrected chi connectivity index (χ2v) is 16.3. The van der Waals surface area contributed by atoms with Crippen LogP contribution in [0.4, 0.5) is 0 Å². The van der Waals surface area contributed by atoms with Gasteiger partial charge in [-0.1, -0.05) is 207 Å². The highest BCUT2D eigenvalue weighted by atomic mass is 15.0. The second-order valence-electron chi connectivity index (χ2n) is 16.3. The number of nitrogens with zero attached hydrogens (tertiary/aromatic N) is 3. The van der Waals surface area contributed by atoms with Gasteiger partial charge in [0.05, 0.1) is 0 Å². The van der Waals surface area contributed by atoms with Crippen molar-refractivity contribution < 1.29 is 0 Å². The second kappa shape index (κ2) is 15.2. The molecule has 60 heavy (non-hydrogen) atoms. The maximum Gasteiger partial charge on any atom is 0.164 e. The number of hydrogen-bond donors (Lipinski definition) is 0. The monoisotopic (exact) mass is 769 g/mol. The van der Waals surface area contributed by atoms with Gasteiger partial charge < -0.3 is 0 Å². The van der Waals surface area contributed by atoms with Gasteiger partial charge in [0.25, 0.3) is 0 Å². The number of hydrogen-bond acceptors (Lipinski definition) is 3. The zero-order valence-corrected chi connectivity index (χ0v) is 33.4. The molecule has 0 amide bonds. The van der Waals surface area contributed by atoms with E-state index in [0.717, 1.165) is 33.4 Å². The van der Waals surface area contributed by atoms with Crippen LogP contribution in [0, 0.1) is 0 Å². The molecule has 286 valence electrons. The summed E-state index contributed by atoms with van der Waals surface area (Å²) in [5, 5.41) is 0. The summed E-state index contributed by atoms with van der Waals surface area (Å²) >= 11 is 0. The van der Waals surface area contributed by atoms with Crippen LogP contribution >= 0.6 is 0 Å². The van der Waals surface area contributed by atoms with Gasteiger partial charge in [-0.2, -0.15) is 0 Å². The molecule has 1 spiro atoms.